The van der Waals surface area contributed by atoms with Gasteiger partial charge in [0.2, 0.25) is 11.7 Å². The topological polar surface area (TPSA) is 124 Å². The highest BCUT2D eigenvalue weighted by Crippen LogP contribution is 2.33. The zero-order valence-corrected chi connectivity index (χ0v) is 19.1. The second-order valence-corrected chi connectivity index (χ2v) is 8.08. The molecule has 2 aromatic carbocycles. The van der Waals surface area contributed by atoms with Gasteiger partial charge in [-0.05, 0) is 36.1 Å². The summed E-state index contributed by atoms with van der Waals surface area (Å²) in [6, 6.07) is 15.5. The van der Waals surface area contributed by atoms with Gasteiger partial charge >= 0.3 is 0 Å². The molecule has 4 aromatic rings. The van der Waals surface area contributed by atoms with Gasteiger partial charge in [0.05, 0.1) is 0 Å². The van der Waals surface area contributed by atoms with Crippen molar-refractivity contribution in [2.24, 2.45) is 0 Å². The van der Waals surface area contributed by atoms with E-state index in [0.717, 1.165) is 11.1 Å². The molecule has 1 amide bonds. The summed E-state index contributed by atoms with van der Waals surface area (Å²) < 4.78 is 6.91. The molecule has 9 heteroatoms. The van der Waals surface area contributed by atoms with Crippen molar-refractivity contribution in [3.8, 4) is 22.8 Å². The number of carbonyl (C=O) groups is 1. The summed E-state index contributed by atoms with van der Waals surface area (Å²) in [5.74, 6) is 1.56. The number of benzene rings is 2. The zero-order valence-electron chi connectivity index (χ0n) is 19.1. The summed E-state index contributed by atoms with van der Waals surface area (Å²) in [4.78, 5) is 17.1. The van der Waals surface area contributed by atoms with Crippen LogP contribution in [0.4, 0.5) is 17.3 Å². The van der Waals surface area contributed by atoms with Crippen LogP contribution in [0, 0.1) is 6.92 Å². The standard InChI is InChI=1S/C24H27N7O2/c1-14(2)16-9-11-17(12-10-16)27-19(32)13-31-21(25)20(23(26-4)29-31)24-28-22(30-33-24)18-8-6-5-7-15(18)3/h5-12,14H,13,25H2,1-4H3,(H,26,29)(H,27,32). The van der Waals surface area contributed by atoms with Gasteiger partial charge in [0.1, 0.15) is 17.9 Å². The third-order valence-electron chi connectivity index (χ3n) is 5.41. The van der Waals surface area contributed by atoms with Crippen LogP contribution in [0.2, 0.25) is 0 Å². The number of nitrogen functional groups attached to an aromatic ring is 1. The Balaban J connectivity index is 1.55. The molecule has 0 saturated heterocycles. The molecular formula is C24H27N7O2. The predicted molar refractivity (Wildman–Crippen MR) is 129 cm³/mol. The Morgan fingerprint density at radius 3 is 2.55 bits per heavy atom. The summed E-state index contributed by atoms with van der Waals surface area (Å²) in [6.07, 6.45) is 0. The summed E-state index contributed by atoms with van der Waals surface area (Å²) >= 11 is 0. The minimum atomic E-state index is -0.248. The van der Waals surface area contributed by atoms with Gasteiger partial charge in [0, 0.05) is 18.3 Å². The molecule has 2 heterocycles. The summed E-state index contributed by atoms with van der Waals surface area (Å²) in [5, 5.41) is 14.4. The van der Waals surface area contributed by atoms with Crippen molar-refractivity contribution in [1.82, 2.24) is 19.9 Å². The molecule has 4 rings (SSSR count). The maximum Gasteiger partial charge on any atom is 0.265 e. The lowest BCUT2D eigenvalue weighted by molar-refractivity contribution is -0.116. The minimum Gasteiger partial charge on any atom is -0.383 e. The lowest BCUT2D eigenvalue weighted by Crippen LogP contribution is -2.20. The second-order valence-electron chi connectivity index (χ2n) is 8.08. The lowest BCUT2D eigenvalue weighted by atomic mass is 10.0. The number of aryl methyl sites for hydroxylation is 1. The Bertz CT molecular complexity index is 1270. The highest BCUT2D eigenvalue weighted by molar-refractivity contribution is 5.91. The van der Waals surface area contributed by atoms with Gasteiger partial charge in [-0.25, -0.2) is 4.68 Å². The molecule has 0 radical (unpaired) electrons. The van der Waals surface area contributed by atoms with Crippen LogP contribution in [0.15, 0.2) is 53.1 Å². The fraction of sp³-hybridized carbons (Fsp3) is 0.250. The number of nitrogens with zero attached hydrogens (tertiary/aromatic N) is 4. The van der Waals surface area contributed by atoms with E-state index in [1.165, 1.54) is 10.2 Å². The van der Waals surface area contributed by atoms with E-state index in [0.29, 0.717) is 28.8 Å². The fourth-order valence-corrected chi connectivity index (χ4v) is 3.53. The average molecular weight is 446 g/mol. The normalized spacial score (nSPS) is 11.1. The average Bonchev–Trinajstić information content (AvgIpc) is 3.39. The second kappa shape index (κ2) is 9.15. The molecule has 0 aliphatic carbocycles. The molecule has 0 bridgehead atoms. The lowest BCUT2D eigenvalue weighted by Gasteiger charge is -2.09. The number of hydrogen-bond donors (Lipinski definition) is 3. The number of amides is 1. The Hall–Kier alpha value is -4.14. The first-order valence-electron chi connectivity index (χ1n) is 10.7. The van der Waals surface area contributed by atoms with Crippen molar-refractivity contribution >= 4 is 23.2 Å². The molecule has 2 aromatic heterocycles. The predicted octanol–water partition coefficient (Wildman–Crippen LogP) is 4.29. The number of rotatable bonds is 7. The van der Waals surface area contributed by atoms with Crippen molar-refractivity contribution in [3.05, 3.63) is 59.7 Å². The Labute approximate surface area is 192 Å². The van der Waals surface area contributed by atoms with Crippen LogP contribution in [-0.4, -0.2) is 32.9 Å². The van der Waals surface area contributed by atoms with Gasteiger partial charge in [0.15, 0.2) is 5.82 Å². The van der Waals surface area contributed by atoms with Crippen molar-refractivity contribution in [3.63, 3.8) is 0 Å². The molecule has 0 fully saturated rings. The molecular weight excluding hydrogens is 418 g/mol. The molecule has 0 atom stereocenters. The van der Waals surface area contributed by atoms with Gasteiger partial charge < -0.3 is 20.9 Å². The van der Waals surface area contributed by atoms with Crippen molar-refractivity contribution < 1.29 is 9.32 Å². The van der Waals surface area contributed by atoms with E-state index in [2.05, 4.69) is 39.7 Å². The first-order chi connectivity index (χ1) is 15.9. The van der Waals surface area contributed by atoms with Crippen LogP contribution in [0.25, 0.3) is 22.8 Å². The number of hydrogen-bond acceptors (Lipinski definition) is 7. The van der Waals surface area contributed by atoms with E-state index in [4.69, 9.17) is 10.3 Å². The van der Waals surface area contributed by atoms with Gasteiger partial charge in [-0.15, -0.1) is 0 Å². The van der Waals surface area contributed by atoms with E-state index < -0.39 is 0 Å². The van der Waals surface area contributed by atoms with Gasteiger partial charge in [0.25, 0.3) is 5.89 Å². The maximum atomic E-state index is 12.6. The van der Waals surface area contributed by atoms with Gasteiger partial charge in [-0.1, -0.05) is 55.4 Å². The number of carbonyl (C=O) groups excluding carboxylic acids is 1. The first-order valence-corrected chi connectivity index (χ1v) is 10.7. The number of aromatic nitrogens is 4. The van der Waals surface area contributed by atoms with E-state index >= 15 is 0 Å². The largest absolute Gasteiger partial charge is 0.383 e. The van der Waals surface area contributed by atoms with Gasteiger partial charge in [-0.2, -0.15) is 10.1 Å². The highest BCUT2D eigenvalue weighted by atomic mass is 16.5. The van der Waals surface area contributed by atoms with Crippen LogP contribution in [0.1, 0.15) is 30.9 Å². The van der Waals surface area contributed by atoms with Crippen LogP contribution >= 0.6 is 0 Å². The highest BCUT2D eigenvalue weighted by Gasteiger charge is 2.24. The molecule has 0 saturated carbocycles. The minimum absolute atomic E-state index is 0.0643. The Morgan fingerprint density at radius 1 is 1.15 bits per heavy atom. The first kappa shape index (κ1) is 22.1. The third-order valence-corrected chi connectivity index (χ3v) is 5.41. The van der Waals surface area contributed by atoms with E-state index in [-0.39, 0.29) is 24.2 Å². The molecule has 170 valence electrons. The zero-order chi connectivity index (χ0) is 23.5. The van der Waals surface area contributed by atoms with Crippen LogP contribution in [0.5, 0.6) is 0 Å². The molecule has 0 spiro atoms. The van der Waals surface area contributed by atoms with Crippen molar-refractivity contribution in [2.45, 2.75) is 33.2 Å². The fourth-order valence-electron chi connectivity index (χ4n) is 3.53. The molecule has 9 nitrogen and oxygen atoms in total. The summed E-state index contributed by atoms with van der Waals surface area (Å²) in [5.41, 5.74) is 10.6. The molecule has 0 aliphatic heterocycles. The van der Waals surface area contributed by atoms with E-state index in [1.54, 1.807) is 7.05 Å². The Morgan fingerprint density at radius 2 is 1.88 bits per heavy atom. The van der Waals surface area contributed by atoms with E-state index in [1.807, 2.05) is 55.5 Å². The van der Waals surface area contributed by atoms with Gasteiger partial charge in [-0.3, -0.25) is 4.79 Å². The number of nitrogens with two attached hydrogens (primary N) is 1. The summed E-state index contributed by atoms with van der Waals surface area (Å²) in [6.45, 7) is 6.16. The van der Waals surface area contributed by atoms with Crippen LogP contribution in [0.3, 0.4) is 0 Å². The van der Waals surface area contributed by atoms with Crippen LogP contribution < -0.4 is 16.4 Å². The molecule has 33 heavy (non-hydrogen) atoms. The van der Waals surface area contributed by atoms with Crippen molar-refractivity contribution in [1.29, 1.82) is 0 Å². The van der Waals surface area contributed by atoms with Crippen molar-refractivity contribution in [2.75, 3.05) is 23.4 Å². The maximum absolute atomic E-state index is 12.6. The number of nitrogens with one attached hydrogen (secondary N) is 2. The third kappa shape index (κ3) is 4.57. The van der Waals surface area contributed by atoms with E-state index in [9.17, 15) is 4.79 Å². The Kier molecular flexibility index (Phi) is 6.12. The smallest absolute Gasteiger partial charge is 0.265 e. The molecule has 0 unspecified atom stereocenters. The molecule has 0 aliphatic rings. The number of anilines is 3. The molecule has 4 N–H and O–H groups in total. The summed E-state index contributed by atoms with van der Waals surface area (Å²) in [7, 11) is 1.71. The van der Waals surface area contributed by atoms with Crippen LogP contribution in [-0.2, 0) is 11.3 Å². The SMILES string of the molecule is CNc1nn(CC(=O)Nc2ccc(C(C)C)cc2)c(N)c1-c1nc(-c2ccccc2C)no1. The quantitative estimate of drug-likeness (QED) is 0.387. The monoisotopic (exact) mass is 445 g/mol.